The molecule has 0 aromatic carbocycles. The number of halogens is 1. The first kappa shape index (κ1) is 22.0. The Kier molecular flexibility index (Phi) is 5.65. The molecule has 0 fully saturated rings. The first-order valence-electron chi connectivity index (χ1n) is 11.9. The van der Waals surface area contributed by atoms with Crippen molar-refractivity contribution in [3.63, 3.8) is 0 Å². The number of pyridine rings is 2. The highest BCUT2D eigenvalue weighted by atomic mass is 19.1. The maximum Gasteiger partial charge on any atom is 0.257 e. The number of allylic oxidation sites excluding steroid dienone is 3. The van der Waals surface area contributed by atoms with E-state index >= 15 is 4.39 Å². The van der Waals surface area contributed by atoms with Gasteiger partial charge < -0.3 is 14.1 Å². The zero-order valence-electron chi connectivity index (χ0n) is 19.5. The van der Waals surface area contributed by atoms with Crippen LogP contribution < -0.4 is 5.56 Å². The standard InChI is InChI=1S/C27H29FN2O3/c1-4-15(13-31)19-10-25-26-21(12-30(25)27(32)22(19)14-33-3)18-8-6-7-16-9-20(18)24(29-26)11-23(28)17(16)5-2/h10-11,13,15H,4-9,12,14H2,1-3H3. The Balaban J connectivity index is 1.76. The molecule has 1 atom stereocenters. The molecule has 3 aliphatic rings. The number of rotatable bonds is 6. The van der Waals surface area contributed by atoms with Crippen molar-refractivity contribution in [2.24, 2.45) is 0 Å². The number of ether oxygens (including phenoxy) is 1. The molecule has 0 saturated carbocycles. The zero-order chi connectivity index (χ0) is 23.3. The third-order valence-electron chi connectivity index (χ3n) is 7.47. The van der Waals surface area contributed by atoms with Gasteiger partial charge >= 0.3 is 0 Å². The number of aldehydes is 1. The van der Waals surface area contributed by atoms with E-state index in [0.717, 1.165) is 60.1 Å². The van der Waals surface area contributed by atoms with Crippen LogP contribution in [-0.2, 0) is 35.5 Å². The van der Waals surface area contributed by atoms with Crippen LogP contribution in [0.3, 0.4) is 0 Å². The lowest BCUT2D eigenvalue weighted by Crippen LogP contribution is -2.26. The second-order valence-corrected chi connectivity index (χ2v) is 9.18. The Morgan fingerprint density at radius 1 is 1.24 bits per heavy atom. The van der Waals surface area contributed by atoms with Gasteiger partial charge in [0.1, 0.15) is 12.1 Å². The fraction of sp³-hybridized carbons (Fsp3) is 0.444. The van der Waals surface area contributed by atoms with E-state index in [1.807, 2.05) is 19.9 Å². The maximum atomic E-state index is 15.1. The molecule has 5 rings (SSSR count). The summed E-state index contributed by atoms with van der Waals surface area (Å²) < 4.78 is 22.2. The van der Waals surface area contributed by atoms with Crippen molar-refractivity contribution in [3.8, 4) is 11.4 Å². The molecule has 0 amide bonds. The molecule has 172 valence electrons. The minimum absolute atomic E-state index is 0.130. The second kappa shape index (κ2) is 8.49. The van der Waals surface area contributed by atoms with Crippen LogP contribution in [0.1, 0.15) is 79.0 Å². The average Bonchev–Trinajstić information content (AvgIpc) is 2.94. The highest BCUT2D eigenvalue weighted by Gasteiger charge is 2.32. The monoisotopic (exact) mass is 448 g/mol. The predicted molar refractivity (Wildman–Crippen MR) is 126 cm³/mol. The fourth-order valence-corrected chi connectivity index (χ4v) is 5.80. The molecular formula is C27H29FN2O3. The van der Waals surface area contributed by atoms with E-state index < -0.39 is 0 Å². The minimum atomic E-state index is -0.378. The lowest BCUT2D eigenvalue weighted by molar-refractivity contribution is -0.109. The summed E-state index contributed by atoms with van der Waals surface area (Å²) in [6.45, 7) is 4.56. The molecule has 2 bridgehead atoms. The van der Waals surface area contributed by atoms with Crippen LogP contribution in [0.5, 0.6) is 0 Å². The number of fused-ring (bicyclic) bond motifs is 5. The molecule has 3 heterocycles. The van der Waals surface area contributed by atoms with Crippen molar-refractivity contribution in [2.75, 3.05) is 7.11 Å². The molecule has 0 spiro atoms. The maximum absolute atomic E-state index is 15.1. The lowest BCUT2D eigenvalue weighted by atomic mass is 9.92. The van der Waals surface area contributed by atoms with Crippen LogP contribution in [0.15, 0.2) is 27.8 Å². The predicted octanol–water partition coefficient (Wildman–Crippen LogP) is 5.02. The first-order chi connectivity index (χ1) is 16.0. The van der Waals surface area contributed by atoms with Crippen LogP contribution >= 0.6 is 0 Å². The van der Waals surface area contributed by atoms with Gasteiger partial charge in [-0.3, -0.25) is 4.79 Å². The number of carbonyl (C=O) groups excluding carboxylic acids is 1. The van der Waals surface area contributed by atoms with Gasteiger partial charge in [-0.1, -0.05) is 19.4 Å². The Morgan fingerprint density at radius 3 is 2.76 bits per heavy atom. The van der Waals surface area contributed by atoms with Gasteiger partial charge in [-0.05, 0) is 66.9 Å². The van der Waals surface area contributed by atoms with Crippen LogP contribution in [-0.4, -0.2) is 22.9 Å². The Labute approximate surface area is 193 Å². The Bertz CT molecular complexity index is 1290. The second-order valence-electron chi connectivity index (χ2n) is 9.18. The molecular weight excluding hydrogens is 419 g/mol. The largest absolute Gasteiger partial charge is 0.380 e. The van der Waals surface area contributed by atoms with E-state index in [9.17, 15) is 9.59 Å². The van der Waals surface area contributed by atoms with E-state index in [0.29, 0.717) is 36.2 Å². The molecule has 0 saturated heterocycles. The molecule has 6 heteroatoms. The van der Waals surface area contributed by atoms with Gasteiger partial charge in [0.05, 0.1) is 30.2 Å². The van der Waals surface area contributed by atoms with Gasteiger partial charge in [0, 0.05) is 30.2 Å². The van der Waals surface area contributed by atoms with Crippen molar-refractivity contribution < 1.29 is 13.9 Å². The van der Waals surface area contributed by atoms with Crippen LogP contribution in [0.25, 0.3) is 17.5 Å². The molecule has 1 unspecified atom stereocenters. The molecule has 0 N–H and O–H groups in total. The van der Waals surface area contributed by atoms with E-state index in [4.69, 9.17) is 9.72 Å². The summed E-state index contributed by atoms with van der Waals surface area (Å²) in [4.78, 5) is 30.3. The SMILES string of the molecule is CCC1=C2CCCc3c(c(nc4c3Cn3c-4cc(C(C=O)CC)c(COC)c3=O)C=C1F)C2. The molecule has 2 aliphatic carbocycles. The number of nitrogens with zero attached hydrogens (tertiary/aromatic N) is 2. The number of hydrogen-bond donors (Lipinski definition) is 0. The van der Waals surface area contributed by atoms with E-state index in [1.54, 1.807) is 17.8 Å². The van der Waals surface area contributed by atoms with Crippen LogP contribution in [0.2, 0.25) is 0 Å². The van der Waals surface area contributed by atoms with Crippen molar-refractivity contribution >= 4 is 12.4 Å². The van der Waals surface area contributed by atoms with Gasteiger partial charge in [0.25, 0.3) is 5.56 Å². The summed E-state index contributed by atoms with van der Waals surface area (Å²) in [5, 5.41) is 0. The summed E-state index contributed by atoms with van der Waals surface area (Å²) in [7, 11) is 1.56. The van der Waals surface area contributed by atoms with Crippen molar-refractivity contribution in [1.82, 2.24) is 9.55 Å². The highest BCUT2D eigenvalue weighted by molar-refractivity contribution is 5.74. The fourth-order valence-electron chi connectivity index (χ4n) is 5.80. The molecule has 2 aromatic rings. The van der Waals surface area contributed by atoms with Crippen molar-refractivity contribution in [3.05, 3.63) is 66.9 Å². The first-order valence-corrected chi connectivity index (χ1v) is 11.9. The summed E-state index contributed by atoms with van der Waals surface area (Å²) >= 11 is 0. The Morgan fingerprint density at radius 2 is 2.06 bits per heavy atom. The molecule has 2 aromatic heterocycles. The average molecular weight is 449 g/mol. The third-order valence-corrected chi connectivity index (χ3v) is 7.47. The number of hydrogen-bond acceptors (Lipinski definition) is 4. The van der Waals surface area contributed by atoms with Crippen LogP contribution in [0.4, 0.5) is 4.39 Å². The van der Waals surface area contributed by atoms with Crippen molar-refractivity contribution in [2.45, 2.75) is 71.4 Å². The highest BCUT2D eigenvalue weighted by Crippen LogP contribution is 2.42. The Hall–Kier alpha value is -2.86. The van der Waals surface area contributed by atoms with Gasteiger partial charge in [0.2, 0.25) is 0 Å². The molecule has 1 aliphatic heterocycles. The molecule has 5 nitrogen and oxygen atoms in total. The van der Waals surface area contributed by atoms with E-state index in [-0.39, 0.29) is 23.9 Å². The summed E-state index contributed by atoms with van der Waals surface area (Å²) in [6.07, 6.45) is 7.23. The third kappa shape index (κ3) is 3.34. The lowest BCUT2D eigenvalue weighted by Gasteiger charge is -2.16. The van der Waals surface area contributed by atoms with Gasteiger partial charge in [-0.15, -0.1) is 0 Å². The topological polar surface area (TPSA) is 61.2 Å². The molecule has 33 heavy (non-hydrogen) atoms. The van der Waals surface area contributed by atoms with Gasteiger partial charge in [-0.2, -0.15) is 0 Å². The smallest absolute Gasteiger partial charge is 0.257 e. The number of aromatic nitrogens is 2. The molecule has 0 radical (unpaired) electrons. The summed E-state index contributed by atoms with van der Waals surface area (Å²) in [5.41, 5.74) is 8.65. The number of carbonyl (C=O) groups is 1. The van der Waals surface area contributed by atoms with E-state index in [2.05, 4.69) is 0 Å². The number of methoxy groups -OCH3 is 1. The van der Waals surface area contributed by atoms with Crippen LogP contribution in [0, 0.1) is 0 Å². The normalized spacial score (nSPS) is 17.2. The quantitative estimate of drug-likeness (QED) is 0.497. The van der Waals surface area contributed by atoms with Crippen molar-refractivity contribution in [1.29, 1.82) is 0 Å². The minimum Gasteiger partial charge on any atom is -0.380 e. The van der Waals surface area contributed by atoms with Gasteiger partial charge in [-0.25, -0.2) is 9.37 Å². The summed E-state index contributed by atoms with van der Waals surface area (Å²) in [5.74, 6) is -0.568. The van der Waals surface area contributed by atoms with Gasteiger partial charge in [0.15, 0.2) is 0 Å². The summed E-state index contributed by atoms with van der Waals surface area (Å²) in [6, 6.07) is 1.94. The zero-order valence-corrected chi connectivity index (χ0v) is 19.5. The van der Waals surface area contributed by atoms with E-state index in [1.165, 1.54) is 11.1 Å².